The molecule has 0 unspecified atom stereocenters. The number of urea groups is 1. The highest BCUT2D eigenvalue weighted by Crippen LogP contribution is 2.18. The Bertz CT molecular complexity index is 457. The Morgan fingerprint density at radius 2 is 2.15 bits per heavy atom. The van der Waals surface area contributed by atoms with E-state index in [1.807, 2.05) is 5.38 Å². The van der Waals surface area contributed by atoms with Crippen LogP contribution in [0.2, 0.25) is 0 Å². The first-order valence-electron chi connectivity index (χ1n) is 6.54. The van der Waals surface area contributed by atoms with Crippen molar-refractivity contribution < 1.29 is 14.7 Å². The van der Waals surface area contributed by atoms with Gasteiger partial charge >= 0.3 is 12.0 Å². The molecule has 1 aliphatic rings. The fourth-order valence-corrected chi connectivity index (χ4v) is 2.75. The predicted molar refractivity (Wildman–Crippen MR) is 76.1 cm³/mol. The lowest BCUT2D eigenvalue weighted by atomic mass is 10.2. The number of hydrogen-bond donors (Lipinski definition) is 2. The molecule has 1 atom stereocenters. The summed E-state index contributed by atoms with van der Waals surface area (Å²) in [6.07, 6.45) is 2.14. The number of aliphatic carboxylic acids is 1. The van der Waals surface area contributed by atoms with Gasteiger partial charge in [0.1, 0.15) is 6.04 Å². The summed E-state index contributed by atoms with van der Waals surface area (Å²) in [4.78, 5) is 30.9. The molecule has 0 aromatic carbocycles. The SMILES string of the molecule is CC[C@H](NC(=O)N1CCN(c2nccs2)CC1)C(=O)O. The maximum absolute atomic E-state index is 12.0. The maximum atomic E-state index is 12.0. The molecule has 7 nitrogen and oxygen atoms in total. The Hall–Kier alpha value is -1.83. The normalized spacial score (nSPS) is 16.9. The van der Waals surface area contributed by atoms with Crippen molar-refractivity contribution in [2.75, 3.05) is 31.1 Å². The van der Waals surface area contributed by atoms with Crippen LogP contribution in [0.15, 0.2) is 11.6 Å². The topological polar surface area (TPSA) is 85.8 Å². The van der Waals surface area contributed by atoms with Crippen LogP contribution in [0.25, 0.3) is 0 Å². The van der Waals surface area contributed by atoms with E-state index in [4.69, 9.17) is 5.11 Å². The Balaban J connectivity index is 1.84. The summed E-state index contributed by atoms with van der Waals surface area (Å²) in [5.41, 5.74) is 0. The number of hydrogen-bond acceptors (Lipinski definition) is 5. The van der Waals surface area contributed by atoms with Crippen LogP contribution in [-0.2, 0) is 4.79 Å². The maximum Gasteiger partial charge on any atom is 0.326 e. The fourth-order valence-electron chi connectivity index (χ4n) is 2.05. The van der Waals surface area contributed by atoms with Crippen LogP contribution in [0, 0.1) is 0 Å². The number of carbonyl (C=O) groups excluding carboxylic acids is 1. The van der Waals surface area contributed by atoms with Gasteiger partial charge in [0.15, 0.2) is 5.13 Å². The molecular weight excluding hydrogens is 280 g/mol. The average Bonchev–Trinajstić information content (AvgIpc) is 2.98. The quantitative estimate of drug-likeness (QED) is 0.860. The number of aromatic nitrogens is 1. The van der Waals surface area contributed by atoms with Crippen LogP contribution in [0.4, 0.5) is 9.93 Å². The van der Waals surface area contributed by atoms with Crippen molar-refractivity contribution in [1.29, 1.82) is 0 Å². The number of carboxylic acid groups (broad SMARTS) is 1. The van der Waals surface area contributed by atoms with E-state index in [1.54, 1.807) is 29.4 Å². The lowest BCUT2D eigenvalue weighted by Crippen LogP contribution is -2.54. The molecule has 0 spiro atoms. The minimum atomic E-state index is -0.998. The summed E-state index contributed by atoms with van der Waals surface area (Å²) in [6, 6.07) is -1.13. The molecule has 2 heterocycles. The molecule has 2 rings (SSSR count). The van der Waals surface area contributed by atoms with Crippen molar-refractivity contribution in [3.63, 3.8) is 0 Å². The molecule has 1 fully saturated rings. The van der Waals surface area contributed by atoms with Gasteiger partial charge in [0.05, 0.1) is 0 Å². The third-order valence-corrected chi connectivity index (χ3v) is 4.09. The van der Waals surface area contributed by atoms with Crippen LogP contribution in [-0.4, -0.2) is 59.2 Å². The predicted octanol–water partition coefficient (Wildman–Crippen LogP) is 0.838. The van der Waals surface area contributed by atoms with E-state index < -0.39 is 12.0 Å². The smallest absolute Gasteiger partial charge is 0.326 e. The largest absolute Gasteiger partial charge is 0.480 e. The van der Waals surface area contributed by atoms with Gasteiger partial charge in [-0.05, 0) is 6.42 Å². The van der Waals surface area contributed by atoms with Crippen LogP contribution < -0.4 is 10.2 Å². The van der Waals surface area contributed by atoms with E-state index in [9.17, 15) is 9.59 Å². The molecule has 1 aromatic rings. The van der Waals surface area contributed by atoms with E-state index in [2.05, 4.69) is 15.2 Å². The first kappa shape index (κ1) is 14.6. The van der Waals surface area contributed by atoms with Crippen molar-refractivity contribution in [1.82, 2.24) is 15.2 Å². The Kier molecular flexibility index (Phi) is 4.78. The van der Waals surface area contributed by atoms with Gasteiger partial charge in [-0.15, -0.1) is 11.3 Å². The number of piperazine rings is 1. The van der Waals surface area contributed by atoms with E-state index in [0.717, 1.165) is 5.13 Å². The molecule has 0 radical (unpaired) electrons. The number of carbonyl (C=O) groups is 2. The summed E-state index contributed by atoms with van der Waals surface area (Å²) in [6.45, 7) is 4.30. The third kappa shape index (κ3) is 3.38. The molecule has 0 saturated carbocycles. The van der Waals surface area contributed by atoms with Crippen LogP contribution in [0.3, 0.4) is 0 Å². The standard InChI is InChI=1S/C12H18N4O3S/c1-2-9(10(17)18)14-11(19)15-4-6-16(7-5-15)12-13-3-8-20-12/h3,8-9H,2,4-7H2,1H3,(H,14,19)(H,17,18)/t9-/m0/s1. The summed E-state index contributed by atoms with van der Waals surface area (Å²) < 4.78 is 0. The second-order valence-corrected chi connectivity index (χ2v) is 5.41. The van der Waals surface area contributed by atoms with Crippen LogP contribution >= 0.6 is 11.3 Å². The van der Waals surface area contributed by atoms with Gasteiger partial charge in [-0.3, -0.25) is 0 Å². The van der Waals surface area contributed by atoms with Crippen LogP contribution in [0.1, 0.15) is 13.3 Å². The number of nitrogens with zero attached hydrogens (tertiary/aromatic N) is 3. The highest BCUT2D eigenvalue weighted by Gasteiger charge is 2.25. The number of thiazole rings is 1. The first-order valence-corrected chi connectivity index (χ1v) is 7.42. The first-order chi connectivity index (χ1) is 9.61. The monoisotopic (exact) mass is 298 g/mol. The number of nitrogens with one attached hydrogen (secondary N) is 1. The summed E-state index contributed by atoms with van der Waals surface area (Å²) in [5.74, 6) is -0.998. The van der Waals surface area contributed by atoms with E-state index in [-0.39, 0.29) is 6.03 Å². The van der Waals surface area contributed by atoms with Gasteiger partial charge in [-0.25, -0.2) is 14.6 Å². The molecule has 1 aromatic heterocycles. The second kappa shape index (κ2) is 6.56. The summed E-state index contributed by atoms with van der Waals surface area (Å²) >= 11 is 1.58. The van der Waals surface area contributed by atoms with Gasteiger partial charge < -0.3 is 20.2 Å². The van der Waals surface area contributed by atoms with E-state index in [0.29, 0.717) is 32.6 Å². The van der Waals surface area contributed by atoms with Gasteiger partial charge in [0.25, 0.3) is 0 Å². The molecule has 0 aliphatic carbocycles. The number of rotatable bonds is 4. The Labute approximate surface area is 121 Å². The summed E-state index contributed by atoms with van der Waals surface area (Å²) in [7, 11) is 0. The van der Waals surface area contributed by atoms with Gasteiger partial charge in [0.2, 0.25) is 0 Å². The van der Waals surface area contributed by atoms with Crippen molar-refractivity contribution in [3.05, 3.63) is 11.6 Å². The molecule has 8 heteroatoms. The lowest BCUT2D eigenvalue weighted by Gasteiger charge is -2.35. The zero-order chi connectivity index (χ0) is 14.5. The highest BCUT2D eigenvalue weighted by atomic mass is 32.1. The molecule has 1 aliphatic heterocycles. The third-order valence-electron chi connectivity index (χ3n) is 3.26. The molecular formula is C12H18N4O3S. The molecule has 0 bridgehead atoms. The number of anilines is 1. The molecule has 2 amide bonds. The molecule has 20 heavy (non-hydrogen) atoms. The lowest BCUT2D eigenvalue weighted by molar-refractivity contribution is -0.139. The zero-order valence-corrected chi connectivity index (χ0v) is 12.1. The van der Waals surface area contributed by atoms with Crippen LogP contribution in [0.5, 0.6) is 0 Å². The van der Waals surface area contributed by atoms with Gasteiger partial charge in [-0.1, -0.05) is 6.92 Å². The number of amides is 2. The van der Waals surface area contributed by atoms with Gasteiger partial charge in [0, 0.05) is 37.8 Å². The fraction of sp³-hybridized carbons (Fsp3) is 0.583. The molecule has 110 valence electrons. The molecule has 2 N–H and O–H groups in total. The van der Waals surface area contributed by atoms with E-state index in [1.165, 1.54) is 0 Å². The highest BCUT2D eigenvalue weighted by molar-refractivity contribution is 7.13. The van der Waals surface area contributed by atoms with E-state index >= 15 is 0 Å². The van der Waals surface area contributed by atoms with Crippen molar-refractivity contribution in [3.8, 4) is 0 Å². The van der Waals surface area contributed by atoms with Crippen molar-refractivity contribution in [2.24, 2.45) is 0 Å². The minimum absolute atomic E-state index is 0.307. The second-order valence-electron chi connectivity index (χ2n) is 4.54. The Morgan fingerprint density at radius 3 is 2.65 bits per heavy atom. The molecule has 1 saturated heterocycles. The summed E-state index contributed by atoms with van der Waals surface area (Å²) in [5, 5.41) is 14.4. The van der Waals surface area contributed by atoms with Crippen molar-refractivity contribution in [2.45, 2.75) is 19.4 Å². The Morgan fingerprint density at radius 1 is 1.45 bits per heavy atom. The number of carboxylic acids is 1. The minimum Gasteiger partial charge on any atom is -0.480 e. The average molecular weight is 298 g/mol. The van der Waals surface area contributed by atoms with Gasteiger partial charge in [-0.2, -0.15) is 0 Å². The zero-order valence-electron chi connectivity index (χ0n) is 11.3. The van der Waals surface area contributed by atoms with Crippen molar-refractivity contribution >= 4 is 28.5 Å².